The van der Waals surface area contributed by atoms with E-state index in [4.69, 9.17) is 9.47 Å². The highest BCUT2D eigenvalue weighted by atomic mass is 16.7. The average Bonchev–Trinajstić information content (AvgIpc) is 3.54. The van der Waals surface area contributed by atoms with E-state index in [-0.39, 0.29) is 31.1 Å². The summed E-state index contributed by atoms with van der Waals surface area (Å²) in [6.45, 7) is 0.396. The third kappa shape index (κ3) is 4.84. The van der Waals surface area contributed by atoms with Gasteiger partial charge in [0, 0.05) is 54.9 Å². The summed E-state index contributed by atoms with van der Waals surface area (Å²) in [6.07, 6.45) is 2.00. The predicted molar refractivity (Wildman–Crippen MR) is 139 cm³/mol. The highest BCUT2D eigenvalue weighted by molar-refractivity contribution is 5.97. The lowest BCUT2D eigenvalue weighted by atomic mass is 9.90. The van der Waals surface area contributed by atoms with Crippen LogP contribution in [-0.2, 0) is 4.79 Å². The quantitative estimate of drug-likeness (QED) is 0.355. The van der Waals surface area contributed by atoms with E-state index in [0.717, 1.165) is 27.7 Å². The SMILES string of the molecule is CN(C)c1ccc([C@@H](CNC(=O)CNC(=O)c2ccc3c(c2)OCO3)c2c[nH]c3ccccc23)cc1. The molecule has 2 heterocycles. The van der Waals surface area contributed by atoms with Crippen molar-refractivity contribution in [2.75, 3.05) is 38.9 Å². The number of para-hydroxylation sites is 1. The van der Waals surface area contributed by atoms with E-state index in [9.17, 15) is 9.59 Å². The second kappa shape index (κ2) is 10.0. The van der Waals surface area contributed by atoms with Gasteiger partial charge < -0.3 is 30.0 Å². The second-order valence-corrected chi connectivity index (χ2v) is 8.88. The van der Waals surface area contributed by atoms with Crippen molar-refractivity contribution in [3.63, 3.8) is 0 Å². The van der Waals surface area contributed by atoms with Crippen LogP contribution in [0.4, 0.5) is 5.69 Å². The van der Waals surface area contributed by atoms with Crippen molar-refractivity contribution in [1.29, 1.82) is 0 Å². The topological polar surface area (TPSA) is 95.7 Å². The van der Waals surface area contributed by atoms with Crippen LogP contribution in [0, 0.1) is 0 Å². The summed E-state index contributed by atoms with van der Waals surface area (Å²) < 4.78 is 10.6. The van der Waals surface area contributed by atoms with E-state index >= 15 is 0 Å². The smallest absolute Gasteiger partial charge is 0.251 e. The van der Waals surface area contributed by atoms with Crippen LogP contribution in [0.2, 0.25) is 0 Å². The fourth-order valence-electron chi connectivity index (χ4n) is 4.37. The van der Waals surface area contributed by atoms with Gasteiger partial charge in [-0.25, -0.2) is 0 Å². The molecular weight excluding hydrogens is 456 g/mol. The first-order chi connectivity index (χ1) is 17.5. The number of nitrogens with one attached hydrogen (secondary N) is 3. The maximum atomic E-state index is 12.7. The zero-order valence-electron chi connectivity index (χ0n) is 20.2. The summed E-state index contributed by atoms with van der Waals surface area (Å²) in [4.78, 5) is 30.6. The third-order valence-corrected chi connectivity index (χ3v) is 6.36. The minimum Gasteiger partial charge on any atom is -0.454 e. The molecule has 1 aromatic heterocycles. The van der Waals surface area contributed by atoms with Gasteiger partial charge in [0.2, 0.25) is 12.7 Å². The molecule has 3 N–H and O–H groups in total. The highest BCUT2D eigenvalue weighted by Gasteiger charge is 2.20. The number of hydrogen-bond donors (Lipinski definition) is 3. The first-order valence-corrected chi connectivity index (χ1v) is 11.8. The van der Waals surface area contributed by atoms with Crippen molar-refractivity contribution >= 4 is 28.4 Å². The van der Waals surface area contributed by atoms with Gasteiger partial charge >= 0.3 is 0 Å². The molecule has 184 valence electrons. The van der Waals surface area contributed by atoms with Crippen molar-refractivity contribution in [1.82, 2.24) is 15.6 Å². The van der Waals surface area contributed by atoms with Crippen LogP contribution in [0.5, 0.6) is 11.5 Å². The van der Waals surface area contributed by atoms with E-state index in [0.29, 0.717) is 23.6 Å². The van der Waals surface area contributed by atoms with Crippen LogP contribution in [0.1, 0.15) is 27.4 Å². The molecule has 0 bridgehead atoms. The normalized spacial score (nSPS) is 12.8. The fourth-order valence-corrected chi connectivity index (χ4v) is 4.37. The molecule has 0 unspecified atom stereocenters. The van der Waals surface area contributed by atoms with Gasteiger partial charge in [0.1, 0.15) is 0 Å². The number of hydrogen-bond acceptors (Lipinski definition) is 5. The Labute approximate surface area is 209 Å². The van der Waals surface area contributed by atoms with Gasteiger partial charge in [0.25, 0.3) is 5.91 Å². The molecule has 8 nitrogen and oxygen atoms in total. The average molecular weight is 485 g/mol. The number of amides is 2. The molecule has 4 aromatic rings. The highest BCUT2D eigenvalue weighted by Crippen LogP contribution is 2.33. The van der Waals surface area contributed by atoms with Crippen molar-refractivity contribution in [2.24, 2.45) is 0 Å². The lowest BCUT2D eigenvalue weighted by Crippen LogP contribution is -2.38. The molecule has 0 aliphatic carbocycles. The van der Waals surface area contributed by atoms with Gasteiger partial charge in [0.05, 0.1) is 6.54 Å². The summed E-state index contributed by atoms with van der Waals surface area (Å²) in [5.41, 5.74) is 4.75. The molecule has 2 amide bonds. The molecule has 1 aliphatic rings. The predicted octanol–water partition coefficient (Wildman–Crippen LogP) is 3.64. The zero-order valence-corrected chi connectivity index (χ0v) is 20.2. The number of benzene rings is 3. The number of nitrogens with zero attached hydrogens (tertiary/aromatic N) is 1. The number of anilines is 1. The minimum atomic E-state index is -0.351. The van der Waals surface area contributed by atoms with Crippen LogP contribution in [0.3, 0.4) is 0 Å². The third-order valence-electron chi connectivity index (χ3n) is 6.36. The molecule has 0 spiro atoms. The van der Waals surface area contributed by atoms with E-state index in [2.05, 4.69) is 50.8 Å². The largest absolute Gasteiger partial charge is 0.454 e. The summed E-state index contributed by atoms with van der Waals surface area (Å²) in [6, 6.07) is 21.4. The van der Waals surface area contributed by atoms with Crippen LogP contribution >= 0.6 is 0 Å². The maximum Gasteiger partial charge on any atom is 0.251 e. The number of rotatable bonds is 8. The Balaban J connectivity index is 1.27. The second-order valence-electron chi connectivity index (χ2n) is 8.88. The van der Waals surface area contributed by atoms with Gasteiger partial charge in [-0.05, 0) is 47.5 Å². The number of H-pyrrole nitrogens is 1. The lowest BCUT2D eigenvalue weighted by Gasteiger charge is -2.20. The summed E-state index contributed by atoms with van der Waals surface area (Å²) in [7, 11) is 4.01. The van der Waals surface area contributed by atoms with E-state index in [1.54, 1.807) is 18.2 Å². The van der Waals surface area contributed by atoms with Crippen molar-refractivity contribution in [3.05, 3.63) is 89.6 Å². The number of aromatic nitrogens is 1. The van der Waals surface area contributed by atoms with E-state index < -0.39 is 0 Å². The summed E-state index contributed by atoms with van der Waals surface area (Å²) >= 11 is 0. The Morgan fingerprint density at radius 2 is 1.75 bits per heavy atom. The molecule has 0 saturated heterocycles. The number of ether oxygens (including phenoxy) is 2. The Morgan fingerprint density at radius 1 is 0.972 bits per heavy atom. The van der Waals surface area contributed by atoms with Crippen LogP contribution in [-0.4, -0.2) is 50.8 Å². The molecular formula is C28H28N4O4. The summed E-state index contributed by atoms with van der Waals surface area (Å²) in [5.74, 6) is 0.445. The fraction of sp³-hybridized carbons (Fsp3) is 0.214. The van der Waals surface area contributed by atoms with E-state index in [1.807, 2.05) is 38.5 Å². The van der Waals surface area contributed by atoms with Crippen molar-refractivity contribution < 1.29 is 19.1 Å². The molecule has 3 aromatic carbocycles. The van der Waals surface area contributed by atoms with Gasteiger partial charge in [-0.15, -0.1) is 0 Å². The van der Waals surface area contributed by atoms with Gasteiger partial charge in [-0.1, -0.05) is 30.3 Å². The van der Waals surface area contributed by atoms with Crippen molar-refractivity contribution in [3.8, 4) is 11.5 Å². The minimum absolute atomic E-state index is 0.0640. The monoisotopic (exact) mass is 484 g/mol. The molecule has 0 radical (unpaired) electrons. The lowest BCUT2D eigenvalue weighted by molar-refractivity contribution is -0.120. The number of carbonyl (C=O) groups is 2. The number of aromatic amines is 1. The summed E-state index contributed by atoms with van der Waals surface area (Å²) in [5, 5.41) is 6.79. The van der Waals surface area contributed by atoms with Gasteiger partial charge in [-0.3, -0.25) is 9.59 Å². The first-order valence-electron chi connectivity index (χ1n) is 11.8. The zero-order chi connectivity index (χ0) is 25.1. The number of fused-ring (bicyclic) bond motifs is 2. The molecule has 8 heteroatoms. The molecule has 36 heavy (non-hydrogen) atoms. The number of carbonyl (C=O) groups excluding carboxylic acids is 2. The van der Waals surface area contributed by atoms with Crippen LogP contribution < -0.4 is 25.0 Å². The standard InChI is InChI=1S/C28H28N4O4/c1-32(2)20-10-7-18(8-11-20)22(23-15-29-24-6-4-3-5-21(23)24)14-30-27(33)16-31-28(34)19-9-12-25-26(13-19)36-17-35-25/h3-13,15,22,29H,14,16-17H2,1-2H3,(H,30,33)(H,31,34)/t22-/m1/s1. The van der Waals surface area contributed by atoms with Crippen LogP contribution in [0.25, 0.3) is 10.9 Å². The van der Waals surface area contributed by atoms with Crippen molar-refractivity contribution in [2.45, 2.75) is 5.92 Å². The molecule has 0 saturated carbocycles. The first kappa shape index (κ1) is 23.3. The van der Waals surface area contributed by atoms with Gasteiger partial charge in [0.15, 0.2) is 11.5 Å². The molecule has 5 rings (SSSR count). The molecule has 0 fully saturated rings. The Bertz CT molecular complexity index is 1390. The Hall–Kier alpha value is -4.46. The Kier molecular flexibility index (Phi) is 6.49. The van der Waals surface area contributed by atoms with E-state index in [1.165, 1.54) is 0 Å². The molecule has 1 atom stereocenters. The molecule has 1 aliphatic heterocycles. The Morgan fingerprint density at radius 3 is 2.56 bits per heavy atom. The van der Waals surface area contributed by atoms with Gasteiger partial charge in [-0.2, -0.15) is 0 Å². The maximum absolute atomic E-state index is 12.7. The van der Waals surface area contributed by atoms with Crippen LogP contribution in [0.15, 0.2) is 72.9 Å².